The smallest absolute Gasteiger partial charge is 0.0655 e. The summed E-state index contributed by atoms with van der Waals surface area (Å²) in [6, 6.07) is 7.73. The maximum absolute atomic E-state index is 5.82. The maximum Gasteiger partial charge on any atom is 0.0655 e. The Morgan fingerprint density at radius 2 is 2.33 bits per heavy atom. The Morgan fingerprint density at radius 3 is 2.92 bits per heavy atom. The molecule has 0 heterocycles. The SMILES string of the molecule is COCC(N)c1cccc(S)c1. The van der Waals surface area contributed by atoms with Crippen LogP contribution in [0.5, 0.6) is 0 Å². The topological polar surface area (TPSA) is 35.2 Å². The Bertz CT molecular complexity index is 252. The molecule has 2 N–H and O–H groups in total. The minimum atomic E-state index is -0.0536. The lowest BCUT2D eigenvalue weighted by molar-refractivity contribution is 0.181. The summed E-state index contributed by atoms with van der Waals surface area (Å²) in [5, 5.41) is 0. The van der Waals surface area contributed by atoms with Gasteiger partial charge in [-0.2, -0.15) is 0 Å². The van der Waals surface area contributed by atoms with Gasteiger partial charge in [0.15, 0.2) is 0 Å². The molecule has 1 rings (SSSR count). The molecule has 2 nitrogen and oxygen atoms in total. The highest BCUT2D eigenvalue weighted by Crippen LogP contribution is 2.14. The van der Waals surface area contributed by atoms with Crippen LogP contribution in [0.3, 0.4) is 0 Å². The Balaban J connectivity index is 2.73. The largest absolute Gasteiger partial charge is 0.383 e. The average Bonchev–Trinajstić information content (AvgIpc) is 2.05. The fourth-order valence-electron chi connectivity index (χ4n) is 1.03. The number of thiol groups is 1. The van der Waals surface area contributed by atoms with Crippen LogP contribution in [0, 0.1) is 0 Å². The van der Waals surface area contributed by atoms with Crippen LogP contribution in [0.4, 0.5) is 0 Å². The molecule has 0 bridgehead atoms. The predicted molar refractivity (Wildman–Crippen MR) is 52.5 cm³/mol. The van der Waals surface area contributed by atoms with Crippen LogP contribution in [0.1, 0.15) is 11.6 Å². The van der Waals surface area contributed by atoms with E-state index in [1.807, 2.05) is 24.3 Å². The van der Waals surface area contributed by atoms with Crippen molar-refractivity contribution >= 4 is 12.6 Å². The first kappa shape index (κ1) is 9.58. The van der Waals surface area contributed by atoms with E-state index in [-0.39, 0.29) is 6.04 Å². The van der Waals surface area contributed by atoms with Crippen molar-refractivity contribution in [3.63, 3.8) is 0 Å². The van der Waals surface area contributed by atoms with Gasteiger partial charge in [0.05, 0.1) is 12.6 Å². The molecule has 0 saturated carbocycles. The highest BCUT2D eigenvalue weighted by Gasteiger charge is 2.04. The first-order valence-corrected chi connectivity index (χ1v) is 4.22. The molecule has 0 saturated heterocycles. The predicted octanol–water partition coefficient (Wildman–Crippen LogP) is 1.62. The maximum atomic E-state index is 5.82. The summed E-state index contributed by atoms with van der Waals surface area (Å²) in [6.45, 7) is 0.539. The van der Waals surface area contributed by atoms with Crippen molar-refractivity contribution in [1.29, 1.82) is 0 Å². The molecule has 3 heteroatoms. The molecule has 0 aliphatic heterocycles. The first-order chi connectivity index (χ1) is 5.74. The van der Waals surface area contributed by atoms with E-state index in [1.54, 1.807) is 7.11 Å². The van der Waals surface area contributed by atoms with E-state index in [2.05, 4.69) is 12.6 Å². The molecule has 0 radical (unpaired) electrons. The lowest BCUT2D eigenvalue weighted by atomic mass is 10.1. The normalized spacial score (nSPS) is 12.9. The number of hydrogen-bond acceptors (Lipinski definition) is 3. The first-order valence-electron chi connectivity index (χ1n) is 3.77. The number of nitrogens with two attached hydrogens (primary N) is 1. The zero-order valence-corrected chi connectivity index (χ0v) is 7.92. The Kier molecular flexibility index (Phi) is 3.59. The highest BCUT2D eigenvalue weighted by atomic mass is 32.1. The number of methoxy groups -OCH3 is 1. The summed E-state index contributed by atoms with van der Waals surface area (Å²) in [4.78, 5) is 0.930. The molecule has 12 heavy (non-hydrogen) atoms. The third-order valence-electron chi connectivity index (χ3n) is 1.64. The highest BCUT2D eigenvalue weighted by molar-refractivity contribution is 7.80. The molecule has 0 aliphatic rings. The van der Waals surface area contributed by atoms with Crippen LogP contribution in [-0.4, -0.2) is 13.7 Å². The van der Waals surface area contributed by atoms with Crippen LogP contribution in [0.2, 0.25) is 0 Å². The van der Waals surface area contributed by atoms with Gasteiger partial charge < -0.3 is 10.5 Å². The molecule has 0 aliphatic carbocycles. The summed E-state index contributed by atoms with van der Waals surface area (Å²) >= 11 is 4.22. The summed E-state index contributed by atoms with van der Waals surface area (Å²) in [5.74, 6) is 0. The minimum absolute atomic E-state index is 0.0536. The van der Waals surface area contributed by atoms with Gasteiger partial charge >= 0.3 is 0 Å². The van der Waals surface area contributed by atoms with Crippen LogP contribution in [-0.2, 0) is 4.74 Å². The zero-order valence-electron chi connectivity index (χ0n) is 7.03. The molecule has 66 valence electrons. The van der Waals surface area contributed by atoms with Gasteiger partial charge in [0, 0.05) is 12.0 Å². The third kappa shape index (κ3) is 2.52. The summed E-state index contributed by atoms with van der Waals surface area (Å²) in [7, 11) is 1.64. The summed E-state index contributed by atoms with van der Waals surface area (Å²) in [5.41, 5.74) is 6.88. The molecule has 1 unspecified atom stereocenters. The molecule has 0 spiro atoms. The van der Waals surface area contributed by atoms with Crippen molar-refractivity contribution in [2.24, 2.45) is 5.73 Å². The number of hydrogen-bond donors (Lipinski definition) is 2. The van der Waals surface area contributed by atoms with E-state index >= 15 is 0 Å². The molecular formula is C9H13NOS. The third-order valence-corrected chi connectivity index (χ3v) is 1.92. The summed E-state index contributed by atoms with van der Waals surface area (Å²) in [6.07, 6.45) is 0. The van der Waals surface area contributed by atoms with E-state index in [0.29, 0.717) is 6.61 Å². The lowest BCUT2D eigenvalue weighted by Crippen LogP contribution is -2.15. The van der Waals surface area contributed by atoms with Crippen LogP contribution >= 0.6 is 12.6 Å². The second-order valence-corrected chi connectivity index (χ2v) is 3.17. The second kappa shape index (κ2) is 4.50. The molecule has 1 aromatic rings. The number of ether oxygens (including phenoxy) is 1. The molecule has 1 aromatic carbocycles. The number of rotatable bonds is 3. The quantitative estimate of drug-likeness (QED) is 0.698. The number of benzene rings is 1. The van der Waals surface area contributed by atoms with Gasteiger partial charge in [-0.15, -0.1) is 12.6 Å². The lowest BCUT2D eigenvalue weighted by Gasteiger charge is -2.10. The van der Waals surface area contributed by atoms with Gasteiger partial charge in [-0.1, -0.05) is 12.1 Å². The van der Waals surface area contributed by atoms with Crippen molar-refractivity contribution in [2.45, 2.75) is 10.9 Å². The van der Waals surface area contributed by atoms with Crippen LogP contribution < -0.4 is 5.73 Å². The van der Waals surface area contributed by atoms with Crippen molar-refractivity contribution < 1.29 is 4.74 Å². The fraction of sp³-hybridized carbons (Fsp3) is 0.333. The van der Waals surface area contributed by atoms with E-state index in [4.69, 9.17) is 10.5 Å². The standard InChI is InChI=1S/C9H13NOS/c1-11-6-9(10)7-3-2-4-8(12)5-7/h2-5,9,12H,6,10H2,1H3. The molecule has 0 amide bonds. The van der Waals surface area contributed by atoms with Gasteiger partial charge in [-0.05, 0) is 17.7 Å². The van der Waals surface area contributed by atoms with E-state index < -0.39 is 0 Å². The Morgan fingerprint density at radius 1 is 1.58 bits per heavy atom. The molecule has 0 fully saturated rings. The van der Waals surface area contributed by atoms with Gasteiger partial charge in [0.1, 0.15) is 0 Å². The monoisotopic (exact) mass is 183 g/mol. The van der Waals surface area contributed by atoms with Crippen molar-refractivity contribution in [3.05, 3.63) is 29.8 Å². The molecule has 0 aromatic heterocycles. The van der Waals surface area contributed by atoms with Crippen LogP contribution in [0.15, 0.2) is 29.2 Å². The van der Waals surface area contributed by atoms with E-state index in [0.717, 1.165) is 10.5 Å². The van der Waals surface area contributed by atoms with Gasteiger partial charge in [0.2, 0.25) is 0 Å². The van der Waals surface area contributed by atoms with Crippen molar-refractivity contribution in [1.82, 2.24) is 0 Å². The van der Waals surface area contributed by atoms with Crippen molar-refractivity contribution in [2.75, 3.05) is 13.7 Å². The molecule has 1 atom stereocenters. The summed E-state index contributed by atoms with van der Waals surface area (Å²) < 4.78 is 4.95. The van der Waals surface area contributed by atoms with Gasteiger partial charge in [-0.3, -0.25) is 0 Å². The molecular weight excluding hydrogens is 170 g/mol. The van der Waals surface area contributed by atoms with Gasteiger partial charge in [-0.25, -0.2) is 0 Å². The van der Waals surface area contributed by atoms with E-state index in [1.165, 1.54) is 0 Å². The van der Waals surface area contributed by atoms with Crippen LogP contribution in [0.25, 0.3) is 0 Å². The van der Waals surface area contributed by atoms with Crippen molar-refractivity contribution in [3.8, 4) is 0 Å². The van der Waals surface area contributed by atoms with Gasteiger partial charge in [0.25, 0.3) is 0 Å². The zero-order chi connectivity index (χ0) is 8.97. The van der Waals surface area contributed by atoms with E-state index in [9.17, 15) is 0 Å². The average molecular weight is 183 g/mol. The Hall–Kier alpha value is -0.510. The minimum Gasteiger partial charge on any atom is -0.383 e. The fourth-order valence-corrected chi connectivity index (χ4v) is 1.27. The second-order valence-electron chi connectivity index (χ2n) is 2.66. The Labute approximate surface area is 78.1 Å².